The van der Waals surface area contributed by atoms with Gasteiger partial charge in [-0.3, -0.25) is 19.7 Å². The van der Waals surface area contributed by atoms with Crippen LogP contribution in [0.1, 0.15) is 10.4 Å². The fourth-order valence-electron chi connectivity index (χ4n) is 2.34. The molecule has 0 saturated heterocycles. The molecule has 2 N–H and O–H groups in total. The maximum Gasteiger partial charge on any atom is 0.417 e. The van der Waals surface area contributed by atoms with Gasteiger partial charge in [-0.1, -0.05) is 0 Å². The van der Waals surface area contributed by atoms with Crippen molar-refractivity contribution in [2.75, 3.05) is 5.32 Å². The zero-order chi connectivity index (χ0) is 15.8. The fourth-order valence-corrected chi connectivity index (χ4v) is 2.34. The first kappa shape index (κ1) is 13.2. The van der Waals surface area contributed by atoms with Crippen LogP contribution in [0.15, 0.2) is 58.0 Å². The van der Waals surface area contributed by atoms with Crippen LogP contribution in [0.25, 0.3) is 22.1 Å². The second-order valence-electron chi connectivity index (χ2n) is 4.94. The van der Waals surface area contributed by atoms with E-state index in [0.29, 0.717) is 27.9 Å². The molecule has 7 nitrogen and oxygen atoms in total. The third kappa shape index (κ3) is 2.44. The van der Waals surface area contributed by atoms with Crippen LogP contribution in [0, 0.1) is 0 Å². The first-order valence-electron chi connectivity index (χ1n) is 6.84. The molecule has 112 valence electrons. The second-order valence-corrected chi connectivity index (χ2v) is 4.94. The van der Waals surface area contributed by atoms with E-state index in [-0.39, 0.29) is 5.91 Å². The Bertz CT molecular complexity index is 1100. The molecule has 0 radical (unpaired) electrons. The molecule has 2 heterocycles. The molecule has 2 aromatic heterocycles. The third-order valence-corrected chi connectivity index (χ3v) is 3.41. The van der Waals surface area contributed by atoms with E-state index >= 15 is 0 Å². The topological polar surface area (TPSA) is 101 Å². The van der Waals surface area contributed by atoms with Crippen LogP contribution < -0.4 is 11.1 Å². The summed E-state index contributed by atoms with van der Waals surface area (Å²) in [6, 6.07) is 10.0. The lowest BCUT2D eigenvalue weighted by Crippen LogP contribution is -2.11. The van der Waals surface area contributed by atoms with Crippen LogP contribution in [-0.4, -0.2) is 20.9 Å². The minimum absolute atomic E-state index is 0.275. The van der Waals surface area contributed by atoms with Crippen LogP contribution in [0.5, 0.6) is 0 Å². The molecule has 0 unspecified atom stereocenters. The molecule has 23 heavy (non-hydrogen) atoms. The summed E-state index contributed by atoms with van der Waals surface area (Å²) in [5, 5.41) is 2.77. The minimum atomic E-state index is -0.531. The van der Waals surface area contributed by atoms with E-state index < -0.39 is 5.76 Å². The van der Waals surface area contributed by atoms with Gasteiger partial charge in [0.15, 0.2) is 5.58 Å². The molecular formula is C16H10N4O3. The average molecular weight is 306 g/mol. The third-order valence-electron chi connectivity index (χ3n) is 3.41. The molecule has 4 rings (SSSR count). The van der Waals surface area contributed by atoms with E-state index in [1.165, 1.54) is 0 Å². The Labute approximate surface area is 129 Å². The molecule has 0 bridgehead atoms. The van der Waals surface area contributed by atoms with Crippen molar-refractivity contribution in [3.05, 3.63) is 64.9 Å². The number of benzene rings is 2. The number of hydrogen-bond acceptors (Lipinski definition) is 5. The standard InChI is InChI=1S/C16H10N4O3/c21-15(9-1-3-11-12(7-9)18-6-5-17-11)19-10-2-4-14-13(8-10)20-16(22)23-14/h1-8H,(H,19,21)(H,20,22). The van der Waals surface area contributed by atoms with Gasteiger partial charge in [-0.25, -0.2) is 4.79 Å². The molecule has 0 aliphatic heterocycles. The zero-order valence-corrected chi connectivity index (χ0v) is 11.7. The second kappa shape index (κ2) is 5.06. The summed E-state index contributed by atoms with van der Waals surface area (Å²) in [5.41, 5.74) is 3.36. The Kier molecular flexibility index (Phi) is 2.90. The summed E-state index contributed by atoms with van der Waals surface area (Å²) in [6.07, 6.45) is 3.18. The maximum atomic E-state index is 12.3. The highest BCUT2D eigenvalue weighted by atomic mass is 16.4. The van der Waals surface area contributed by atoms with Crippen LogP contribution >= 0.6 is 0 Å². The number of nitrogens with one attached hydrogen (secondary N) is 2. The molecule has 0 aliphatic rings. The lowest BCUT2D eigenvalue weighted by molar-refractivity contribution is 0.102. The summed E-state index contributed by atoms with van der Waals surface area (Å²) in [5.74, 6) is -0.806. The minimum Gasteiger partial charge on any atom is -0.408 e. The first-order chi connectivity index (χ1) is 11.2. The number of aromatic nitrogens is 3. The van der Waals surface area contributed by atoms with Gasteiger partial charge >= 0.3 is 5.76 Å². The van der Waals surface area contributed by atoms with Gasteiger partial charge in [0.2, 0.25) is 0 Å². The van der Waals surface area contributed by atoms with Crippen LogP contribution in [-0.2, 0) is 0 Å². The number of hydrogen-bond donors (Lipinski definition) is 2. The molecular weight excluding hydrogens is 296 g/mol. The van der Waals surface area contributed by atoms with E-state index in [2.05, 4.69) is 20.3 Å². The van der Waals surface area contributed by atoms with Crippen LogP contribution in [0.2, 0.25) is 0 Å². The van der Waals surface area contributed by atoms with Gasteiger partial charge in [0.1, 0.15) is 0 Å². The summed E-state index contributed by atoms with van der Waals surface area (Å²) in [4.78, 5) is 34.4. The number of nitrogens with zero attached hydrogens (tertiary/aromatic N) is 2. The van der Waals surface area contributed by atoms with Gasteiger partial charge < -0.3 is 9.73 Å². The van der Waals surface area contributed by atoms with Gasteiger partial charge in [0.05, 0.1) is 16.6 Å². The van der Waals surface area contributed by atoms with Crippen molar-refractivity contribution in [3.8, 4) is 0 Å². The molecule has 4 aromatic rings. The molecule has 0 fully saturated rings. The number of H-pyrrole nitrogens is 1. The summed E-state index contributed by atoms with van der Waals surface area (Å²) >= 11 is 0. The number of fused-ring (bicyclic) bond motifs is 2. The molecule has 2 aromatic carbocycles. The smallest absolute Gasteiger partial charge is 0.408 e. The Morgan fingerprint density at radius 1 is 1.04 bits per heavy atom. The van der Waals surface area contributed by atoms with E-state index in [0.717, 1.165) is 5.52 Å². The highest BCUT2D eigenvalue weighted by Gasteiger charge is 2.09. The van der Waals surface area contributed by atoms with Crippen molar-refractivity contribution in [1.82, 2.24) is 15.0 Å². The predicted octanol–water partition coefficient (Wildman–Crippen LogP) is 2.32. The Morgan fingerprint density at radius 2 is 1.87 bits per heavy atom. The van der Waals surface area contributed by atoms with Crippen molar-refractivity contribution >= 4 is 33.7 Å². The number of oxazole rings is 1. The number of aromatic amines is 1. The normalized spacial score (nSPS) is 11.0. The largest absolute Gasteiger partial charge is 0.417 e. The maximum absolute atomic E-state index is 12.3. The molecule has 0 spiro atoms. The lowest BCUT2D eigenvalue weighted by atomic mass is 10.1. The van der Waals surface area contributed by atoms with E-state index in [4.69, 9.17) is 4.42 Å². The van der Waals surface area contributed by atoms with Crippen LogP contribution in [0.3, 0.4) is 0 Å². The number of carbonyl (C=O) groups excluding carboxylic acids is 1. The van der Waals surface area contributed by atoms with Crippen molar-refractivity contribution in [2.45, 2.75) is 0 Å². The van der Waals surface area contributed by atoms with Crippen molar-refractivity contribution in [2.24, 2.45) is 0 Å². The Hall–Kier alpha value is -3.48. The van der Waals surface area contributed by atoms with Crippen LogP contribution in [0.4, 0.5) is 5.69 Å². The fraction of sp³-hybridized carbons (Fsp3) is 0. The molecule has 7 heteroatoms. The number of amides is 1. The average Bonchev–Trinajstić information content (AvgIpc) is 2.93. The Morgan fingerprint density at radius 3 is 2.74 bits per heavy atom. The van der Waals surface area contributed by atoms with Gasteiger partial charge in [0, 0.05) is 23.6 Å². The van der Waals surface area contributed by atoms with Crippen molar-refractivity contribution in [3.63, 3.8) is 0 Å². The Balaban J connectivity index is 1.65. The highest BCUT2D eigenvalue weighted by molar-refractivity contribution is 6.06. The summed E-state index contributed by atoms with van der Waals surface area (Å²) in [6.45, 7) is 0. The van der Waals surface area contributed by atoms with Gasteiger partial charge in [0.25, 0.3) is 5.91 Å². The van der Waals surface area contributed by atoms with Gasteiger partial charge in [-0.05, 0) is 36.4 Å². The summed E-state index contributed by atoms with van der Waals surface area (Å²) in [7, 11) is 0. The van der Waals surface area contributed by atoms with E-state index in [9.17, 15) is 9.59 Å². The quantitative estimate of drug-likeness (QED) is 0.592. The van der Waals surface area contributed by atoms with Gasteiger partial charge in [-0.15, -0.1) is 0 Å². The van der Waals surface area contributed by atoms with E-state index in [1.807, 2.05) is 0 Å². The molecule has 1 amide bonds. The number of anilines is 1. The first-order valence-corrected chi connectivity index (χ1v) is 6.84. The summed E-state index contributed by atoms with van der Waals surface area (Å²) < 4.78 is 4.92. The lowest BCUT2D eigenvalue weighted by Gasteiger charge is -2.05. The zero-order valence-electron chi connectivity index (χ0n) is 11.7. The monoisotopic (exact) mass is 306 g/mol. The predicted molar refractivity (Wildman–Crippen MR) is 84.3 cm³/mol. The number of carbonyl (C=O) groups is 1. The van der Waals surface area contributed by atoms with Crippen molar-refractivity contribution < 1.29 is 9.21 Å². The number of rotatable bonds is 2. The molecule has 0 aliphatic carbocycles. The molecule has 0 saturated carbocycles. The molecule has 0 atom stereocenters. The van der Waals surface area contributed by atoms with Gasteiger partial charge in [-0.2, -0.15) is 0 Å². The highest BCUT2D eigenvalue weighted by Crippen LogP contribution is 2.18. The SMILES string of the molecule is O=C(Nc1ccc2oc(=O)[nH]c2c1)c1ccc2nccnc2c1. The van der Waals surface area contributed by atoms with E-state index in [1.54, 1.807) is 48.8 Å². The van der Waals surface area contributed by atoms with Crippen molar-refractivity contribution in [1.29, 1.82) is 0 Å².